The quantitative estimate of drug-likeness (QED) is 0.865. The van der Waals surface area contributed by atoms with Gasteiger partial charge in [0.15, 0.2) is 0 Å². The van der Waals surface area contributed by atoms with Gasteiger partial charge in [0.25, 0.3) is 5.91 Å². The van der Waals surface area contributed by atoms with Crippen molar-refractivity contribution >= 4 is 16.8 Å². The van der Waals surface area contributed by atoms with Crippen LogP contribution in [0.1, 0.15) is 50.4 Å². The minimum Gasteiger partial charge on any atom is -0.347 e. The van der Waals surface area contributed by atoms with E-state index in [-0.39, 0.29) is 11.4 Å². The molecule has 1 heterocycles. The molecule has 0 aliphatic rings. The normalized spacial score (nSPS) is 11.7. The van der Waals surface area contributed by atoms with Gasteiger partial charge in [-0.2, -0.15) is 5.10 Å². The number of nitrogens with zero attached hydrogens (tertiary/aromatic N) is 1. The SMILES string of the molecule is CCC(CC)(CC)NC(=O)c1ccc2cn[nH]c2c1. The van der Waals surface area contributed by atoms with Gasteiger partial charge in [0.1, 0.15) is 0 Å². The standard InChI is InChI=1S/C15H21N3O/c1-4-15(5-2,6-3)17-14(19)11-7-8-12-10-16-18-13(12)9-11/h7-10H,4-6H2,1-3H3,(H,16,18)(H,17,19). The molecule has 0 aliphatic carbocycles. The van der Waals surface area contributed by atoms with Crippen LogP contribution in [0.2, 0.25) is 0 Å². The van der Waals surface area contributed by atoms with Gasteiger partial charge in [0.2, 0.25) is 0 Å². The first-order chi connectivity index (χ1) is 9.14. The Kier molecular flexibility index (Phi) is 3.88. The summed E-state index contributed by atoms with van der Waals surface area (Å²) in [5.74, 6) is -0.0120. The molecule has 4 heteroatoms. The maximum absolute atomic E-state index is 12.4. The Hall–Kier alpha value is -1.84. The number of amides is 1. The minimum atomic E-state index is -0.0972. The number of nitrogens with one attached hydrogen (secondary N) is 2. The summed E-state index contributed by atoms with van der Waals surface area (Å²) in [7, 11) is 0. The fourth-order valence-electron chi connectivity index (χ4n) is 2.41. The second-order valence-electron chi connectivity index (χ2n) is 4.97. The average Bonchev–Trinajstić information content (AvgIpc) is 2.92. The smallest absolute Gasteiger partial charge is 0.251 e. The average molecular weight is 259 g/mol. The lowest BCUT2D eigenvalue weighted by atomic mass is 9.89. The molecule has 1 amide bonds. The van der Waals surface area contributed by atoms with Crippen molar-refractivity contribution < 1.29 is 4.79 Å². The second kappa shape index (κ2) is 5.43. The Bertz CT molecular complexity index is 561. The van der Waals surface area contributed by atoms with E-state index in [1.54, 1.807) is 6.20 Å². The molecular weight excluding hydrogens is 238 g/mol. The Morgan fingerprint density at radius 3 is 2.58 bits per heavy atom. The maximum Gasteiger partial charge on any atom is 0.251 e. The molecule has 4 nitrogen and oxygen atoms in total. The number of carbonyl (C=O) groups excluding carboxylic acids is 1. The highest BCUT2D eigenvalue weighted by atomic mass is 16.1. The van der Waals surface area contributed by atoms with E-state index in [0.29, 0.717) is 5.56 Å². The number of hydrogen-bond acceptors (Lipinski definition) is 2. The van der Waals surface area contributed by atoms with Crippen LogP contribution in [-0.4, -0.2) is 21.6 Å². The molecule has 102 valence electrons. The first-order valence-electron chi connectivity index (χ1n) is 6.89. The molecule has 0 saturated heterocycles. The van der Waals surface area contributed by atoms with Crippen LogP contribution in [0.3, 0.4) is 0 Å². The number of carbonyl (C=O) groups is 1. The summed E-state index contributed by atoms with van der Waals surface area (Å²) in [5.41, 5.74) is 1.47. The van der Waals surface area contributed by atoms with Gasteiger partial charge in [0.05, 0.1) is 11.7 Å². The Balaban J connectivity index is 2.23. The number of fused-ring (bicyclic) bond motifs is 1. The largest absolute Gasteiger partial charge is 0.347 e. The summed E-state index contributed by atoms with van der Waals surface area (Å²) in [6.07, 6.45) is 4.58. The molecule has 1 aromatic heterocycles. The van der Waals surface area contributed by atoms with Crippen LogP contribution >= 0.6 is 0 Å². The highest BCUT2D eigenvalue weighted by Gasteiger charge is 2.26. The van der Waals surface area contributed by atoms with Crippen molar-refractivity contribution in [3.8, 4) is 0 Å². The first kappa shape index (κ1) is 13.6. The van der Waals surface area contributed by atoms with E-state index in [2.05, 4.69) is 36.3 Å². The van der Waals surface area contributed by atoms with E-state index in [1.807, 2.05) is 18.2 Å². The summed E-state index contributed by atoms with van der Waals surface area (Å²) < 4.78 is 0. The van der Waals surface area contributed by atoms with E-state index in [4.69, 9.17) is 0 Å². The molecule has 0 atom stereocenters. The fourth-order valence-corrected chi connectivity index (χ4v) is 2.41. The van der Waals surface area contributed by atoms with Crippen molar-refractivity contribution in [2.24, 2.45) is 0 Å². The Morgan fingerprint density at radius 2 is 1.95 bits per heavy atom. The molecule has 0 aliphatic heterocycles. The summed E-state index contributed by atoms with van der Waals surface area (Å²) in [4.78, 5) is 12.4. The van der Waals surface area contributed by atoms with E-state index in [0.717, 1.165) is 30.2 Å². The molecule has 0 fully saturated rings. The molecule has 0 bridgehead atoms. The Labute approximate surface area is 113 Å². The highest BCUT2D eigenvalue weighted by molar-refractivity contribution is 5.98. The number of aromatic amines is 1. The van der Waals surface area contributed by atoms with E-state index < -0.39 is 0 Å². The number of rotatable bonds is 5. The van der Waals surface area contributed by atoms with Crippen LogP contribution < -0.4 is 5.32 Å². The predicted octanol–water partition coefficient (Wildman–Crippen LogP) is 3.26. The topological polar surface area (TPSA) is 57.8 Å². The molecule has 0 saturated carbocycles. The van der Waals surface area contributed by atoms with Gasteiger partial charge in [-0.3, -0.25) is 9.89 Å². The third-order valence-electron chi connectivity index (χ3n) is 4.11. The van der Waals surface area contributed by atoms with E-state index in [9.17, 15) is 4.79 Å². The van der Waals surface area contributed by atoms with Crippen LogP contribution in [0.15, 0.2) is 24.4 Å². The van der Waals surface area contributed by atoms with Crippen molar-refractivity contribution in [1.82, 2.24) is 15.5 Å². The lowest BCUT2D eigenvalue weighted by Gasteiger charge is -2.31. The second-order valence-corrected chi connectivity index (χ2v) is 4.97. The molecule has 0 spiro atoms. The minimum absolute atomic E-state index is 0.0120. The van der Waals surface area contributed by atoms with Crippen molar-refractivity contribution in [3.05, 3.63) is 30.0 Å². The van der Waals surface area contributed by atoms with Crippen molar-refractivity contribution in [1.29, 1.82) is 0 Å². The summed E-state index contributed by atoms with van der Waals surface area (Å²) >= 11 is 0. The van der Waals surface area contributed by atoms with Gasteiger partial charge in [-0.15, -0.1) is 0 Å². The van der Waals surface area contributed by atoms with Gasteiger partial charge in [-0.25, -0.2) is 0 Å². The van der Waals surface area contributed by atoms with Gasteiger partial charge in [-0.1, -0.05) is 26.8 Å². The zero-order valence-electron chi connectivity index (χ0n) is 11.8. The number of benzene rings is 1. The molecule has 0 radical (unpaired) electrons. The van der Waals surface area contributed by atoms with Crippen LogP contribution in [0.4, 0.5) is 0 Å². The summed E-state index contributed by atoms with van der Waals surface area (Å²) in [6, 6.07) is 5.61. The van der Waals surface area contributed by atoms with Crippen molar-refractivity contribution in [2.75, 3.05) is 0 Å². The van der Waals surface area contributed by atoms with Crippen LogP contribution in [0.5, 0.6) is 0 Å². The molecule has 2 N–H and O–H groups in total. The van der Waals surface area contributed by atoms with Gasteiger partial charge in [0, 0.05) is 16.5 Å². The zero-order chi connectivity index (χ0) is 13.9. The summed E-state index contributed by atoms with van der Waals surface area (Å²) in [6.45, 7) is 6.35. The molecule has 1 aromatic carbocycles. The van der Waals surface area contributed by atoms with E-state index in [1.165, 1.54) is 0 Å². The first-order valence-corrected chi connectivity index (χ1v) is 6.89. The molecular formula is C15H21N3O. The van der Waals surface area contributed by atoms with Crippen molar-refractivity contribution in [3.63, 3.8) is 0 Å². The summed E-state index contributed by atoms with van der Waals surface area (Å²) in [5, 5.41) is 11.1. The third kappa shape index (κ3) is 2.62. The number of aromatic nitrogens is 2. The van der Waals surface area contributed by atoms with Crippen LogP contribution in [-0.2, 0) is 0 Å². The van der Waals surface area contributed by atoms with Gasteiger partial charge < -0.3 is 5.32 Å². The van der Waals surface area contributed by atoms with Crippen LogP contribution in [0, 0.1) is 0 Å². The lowest BCUT2D eigenvalue weighted by Crippen LogP contribution is -2.47. The van der Waals surface area contributed by atoms with Crippen molar-refractivity contribution in [2.45, 2.75) is 45.6 Å². The molecule has 2 rings (SSSR count). The molecule has 0 unspecified atom stereocenters. The van der Waals surface area contributed by atoms with Gasteiger partial charge in [-0.05, 0) is 31.4 Å². The molecule has 2 aromatic rings. The van der Waals surface area contributed by atoms with Gasteiger partial charge >= 0.3 is 0 Å². The highest BCUT2D eigenvalue weighted by Crippen LogP contribution is 2.21. The zero-order valence-corrected chi connectivity index (χ0v) is 11.8. The predicted molar refractivity (Wildman–Crippen MR) is 77.2 cm³/mol. The molecule has 19 heavy (non-hydrogen) atoms. The number of hydrogen-bond donors (Lipinski definition) is 2. The monoisotopic (exact) mass is 259 g/mol. The van der Waals surface area contributed by atoms with E-state index >= 15 is 0 Å². The Morgan fingerprint density at radius 1 is 1.26 bits per heavy atom. The fraction of sp³-hybridized carbons (Fsp3) is 0.467. The maximum atomic E-state index is 12.4. The van der Waals surface area contributed by atoms with Crippen LogP contribution in [0.25, 0.3) is 10.9 Å². The third-order valence-corrected chi connectivity index (χ3v) is 4.11. The lowest BCUT2D eigenvalue weighted by molar-refractivity contribution is 0.0888. The number of H-pyrrole nitrogens is 1.